The van der Waals surface area contributed by atoms with E-state index in [1.807, 2.05) is 42.5 Å². The van der Waals surface area contributed by atoms with E-state index in [1.165, 1.54) is 5.56 Å². The van der Waals surface area contributed by atoms with E-state index < -0.39 is 5.60 Å². The van der Waals surface area contributed by atoms with E-state index in [0.717, 1.165) is 47.2 Å². The van der Waals surface area contributed by atoms with E-state index in [1.54, 1.807) is 7.11 Å². The smallest absolute Gasteiger partial charge is 0.129 e. The second kappa shape index (κ2) is 4.89. The van der Waals surface area contributed by atoms with Gasteiger partial charge >= 0.3 is 0 Å². The Balaban J connectivity index is 1.88. The fraction of sp³-hybridized carbons (Fsp3) is 0.263. The van der Waals surface area contributed by atoms with Gasteiger partial charge in [0.25, 0.3) is 0 Å². The first-order chi connectivity index (χ1) is 10.7. The summed E-state index contributed by atoms with van der Waals surface area (Å²) in [5.74, 6) is 0.828. The van der Waals surface area contributed by atoms with Gasteiger partial charge in [-0.05, 0) is 54.7 Å². The van der Waals surface area contributed by atoms with E-state index in [9.17, 15) is 5.11 Å². The van der Waals surface area contributed by atoms with Crippen LogP contribution < -0.4 is 4.74 Å². The number of ether oxygens (including phenoxy) is 1. The third-order valence-electron chi connectivity index (χ3n) is 4.72. The van der Waals surface area contributed by atoms with Crippen molar-refractivity contribution in [3.63, 3.8) is 0 Å². The Bertz CT molecular complexity index is 836. The molecule has 1 aliphatic carbocycles. The van der Waals surface area contributed by atoms with Crippen molar-refractivity contribution in [2.24, 2.45) is 0 Å². The van der Waals surface area contributed by atoms with Gasteiger partial charge in [0.1, 0.15) is 11.4 Å². The van der Waals surface area contributed by atoms with Gasteiger partial charge in [-0.1, -0.05) is 24.3 Å². The topological polar surface area (TPSA) is 45.2 Å². The van der Waals surface area contributed by atoms with Gasteiger partial charge in [0.2, 0.25) is 0 Å². The molecule has 3 aromatic rings. The molecule has 2 N–H and O–H groups in total. The second-order valence-electron chi connectivity index (χ2n) is 6.01. The summed E-state index contributed by atoms with van der Waals surface area (Å²) in [5.41, 5.74) is 3.23. The standard InChI is InChI=1S/C19H19NO2/c1-22-15-8-9-17-14(11-15)12-18(20-17)19(21)10-4-6-13-5-2-3-7-16(13)19/h2-3,5,7-9,11-12,20-21H,4,6,10H2,1H3. The van der Waals surface area contributed by atoms with Gasteiger partial charge in [-0.2, -0.15) is 0 Å². The maximum Gasteiger partial charge on any atom is 0.129 e. The average Bonchev–Trinajstić information content (AvgIpc) is 2.99. The lowest BCUT2D eigenvalue weighted by atomic mass is 9.77. The van der Waals surface area contributed by atoms with Crippen LogP contribution in [0.4, 0.5) is 0 Å². The predicted octanol–water partition coefficient (Wildman–Crippen LogP) is 3.75. The highest BCUT2D eigenvalue weighted by molar-refractivity contribution is 5.82. The Labute approximate surface area is 129 Å². The number of methoxy groups -OCH3 is 1. The Morgan fingerprint density at radius 2 is 2.00 bits per heavy atom. The molecule has 3 nitrogen and oxygen atoms in total. The van der Waals surface area contributed by atoms with Crippen LogP contribution in [0.2, 0.25) is 0 Å². The van der Waals surface area contributed by atoms with Crippen LogP contribution in [0.3, 0.4) is 0 Å². The number of hydrogen-bond acceptors (Lipinski definition) is 2. The maximum atomic E-state index is 11.4. The monoisotopic (exact) mass is 293 g/mol. The third kappa shape index (κ3) is 1.93. The number of H-pyrrole nitrogens is 1. The number of rotatable bonds is 2. The summed E-state index contributed by atoms with van der Waals surface area (Å²) in [6.07, 6.45) is 2.77. The molecule has 0 saturated carbocycles. The first kappa shape index (κ1) is 13.4. The highest BCUT2D eigenvalue weighted by Crippen LogP contribution is 2.41. The molecule has 0 bridgehead atoms. The molecule has 0 spiro atoms. The predicted molar refractivity (Wildman–Crippen MR) is 87.2 cm³/mol. The van der Waals surface area contributed by atoms with Crippen molar-refractivity contribution in [3.05, 3.63) is 65.4 Å². The number of fused-ring (bicyclic) bond motifs is 2. The minimum absolute atomic E-state index is 0.744. The van der Waals surface area contributed by atoms with Gasteiger partial charge in [0.05, 0.1) is 12.8 Å². The van der Waals surface area contributed by atoms with Crippen LogP contribution in [0.1, 0.15) is 29.7 Å². The lowest BCUT2D eigenvalue weighted by Gasteiger charge is -2.33. The molecule has 2 aromatic carbocycles. The van der Waals surface area contributed by atoms with Crippen LogP contribution in [-0.2, 0) is 12.0 Å². The molecule has 0 radical (unpaired) electrons. The average molecular weight is 293 g/mol. The largest absolute Gasteiger partial charge is 0.497 e. The summed E-state index contributed by atoms with van der Waals surface area (Å²) >= 11 is 0. The van der Waals surface area contributed by atoms with Gasteiger partial charge in [-0.25, -0.2) is 0 Å². The molecule has 1 unspecified atom stereocenters. The minimum atomic E-state index is -0.929. The minimum Gasteiger partial charge on any atom is -0.497 e. The Hall–Kier alpha value is -2.26. The van der Waals surface area contributed by atoms with E-state index in [2.05, 4.69) is 11.1 Å². The van der Waals surface area contributed by atoms with Crippen LogP contribution in [0, 0.1) is 0 Å². The van der Waals surface area contributed by atoms with Crippen molar-refractivity contribution in [1.29, 1.82) is 0 Å². The number of hydrogen-bond donors (Lipinski definition) is 2. The van der Waals surface area contributed by atoms with Gasteiger partial charge in [0.15, 0.2) is 0 Å². The maximum absolute atomic E-state index is 11.4. The van der Waals surface area contributed by atoms with Crippen molar-refractivity contribution in [2.75, 3.05) is 7.11 Å². The number of aromatic nitrogens is 1. The highest BCUT2D eigenvalue weighted by Gasteiger charge is 2.37. The first-order valence-corrected chi connectivity index (χ1v) is 7.69. The zero-order chi connectivity index (χ0) is 15.2. The van der Waals surface area contributed by atoms with Crippen LogP contribution in [0.15, 0.2) is 48.5 Å². The lowest BCUT2D eigenvalue weighted by Crippen LogP contribution is -2.32. The molecule has 0 amide bonds. The molecule has 0 fully saturated rings. The quantitative estimate of drug-likeness (QED) is 0.756. The number of nitrogens with one attached hydrogen (secondary N) is 1. The van der Waals surface area contributed by atoms with Gasteiger partial charge in [-0.3, -0.25) is 0 Å². The third-order valence-corrected chi connectivity index (χ3v) is 4.72. The van der Waals surface area contributed by atoms with Crippen molar-refractivity contribution < 1.29 is 9.84 Å². The first-order valence-electron chi connectivity index (χ1n) is 7.69. The molecule has 1 aromatic heterocycles. The van der Waals surface area contributed by atoms with E-state index in [-0.39, 0.29) is 0 Å². The molecular weight excluding hydrogens is 274 g/mol. The van der Waals surface area contributed by atoms with Crippen LogP contribution in [0.25, 0.3) is 10.9 Å². The fourth-order valence-corrected chi connectivity index (χ4v) is 3.55. The molecule has 1 aliphatic rings. The van der Waals surface area contributed by atoms with Crippen molar-refractivity contribution in [2.45, 2.75) is 24.9 Å². The van der Waals surface area contributed by atoms with Crippen molar-refractivity contribution in [3.8, 4) is 5.75 Å². The number of aryl methyl sites for hydroxylation is 1. The van der Waals surface area contributed by atoms with Gasteiger partial charge in [0, 0.05) is 10.9 Å². The summed E-state index contributed by atoms with van der Waals surface area (Å²) < 4.78 is 5.28. The fourth-order valence-electron chi connectivity index (χ4n) is 3.55. The molecule has 1 heterocycles. The van der Waals surface area contributed by atoms with E-state index in [4.69, 9.17) is 4.74 Å². The van der Waals surface area contributed by atoms with Crippen molar-refractivity contribution in [1.82, 2.24) is 4.98 Å². The molecular formula is C19H19NO2. The molecule has 1 atom stereocenters. The normalized spacial score (nSPS) is 20.8. The van der Waals surface area contributed by atoms with E-state index >= 15 is 0 Å². The summed E-state index contributed by atoms with van der Waals surface area (Å²) in [7, 11) is 1.67. The van der Waals surface area contributed by atoms with Gasteiger partial charge < -0.3 is 14.8 Å². The SMILES string of the molecule is COc1ccc2[nH]c(C3(O)CCCc4ccccc43)cc2c1. The summed E-state index contributed by atoms with van der Waals surface area (Å²) in [6, 6.07) is 16.2. The summed E-state index contributed by atoms with van der Waals surface area (Å²) in [4.78, 5) is 3.39. The van der Waals surface area contributed by atoms with Crippen LogP contribution in [0.5, 0.6) is 5.75 Å². The highest BCUT2D eigenvalue weighted by atomic mass is 16.5. The number of benzene rings is 2. The molecule has 0 saturated heterocycles. The van der Waals surface area contributed by atoms with Crippen molar-refractivity contribution >= 4 is 10.9 Å². The molecule has 4 rings (SSSR count). The molecule has 0 aliphatic heterocycles. The molecule has 3 heteroatoms. The zero-order valence-corrected chi connectivity index (χ0v) is 12.6. The Morgan fingerprint density at radius 1 is 1.14 bits per heavy atom. The summed E-state index contributed by atoms with van der Waals surface area (Å²) in [5, 5.41) is 12.4. The zero-order valence-electron chi connectivity index (χ0n) is 12.6. The molecule has 22 heavy (non-hydrogen) atoms. The van der Waals surface area contributed by atoms with Crippen LogP contribution in [-0.4, -0.2) is 17.2 Å². The molecule has 112 valence electrons. The summed E-state index contributed by atoms with van der Waals surface area (Å²) in [6.45, 7) is 0. The van der Waals surface area contributed by atoms with Crippen LogP contribution >= 0.6 is 0 Å². The number of aromatic amines is 1. The van der Waals surface area contributed by atoms with E-state index in [0.29, 0.717) is 0 Å². The lowest BCUT2D eigenvalue weighted by molar-refractivity contribution is 0.0579. The Morgan fingerprint density at radius 3 is 2.86 bits per heavy atom. The van der Waals surface area contributed by atoms with Gasteiger partial charge in [-0.15, -0.1) is 0 Å². The second-order valence-corrected chi connectivity index (χ2v) is 6.01. The Kier molecular flexibility index (Phi) is 2.98. The number of aliphatic hydroxyl groups is 1.